The molecule has 1 spiro atoms. The van der Waals surface area contributed by atoms with E-state index in [1.165, 1.54) is 0 Å². The summed E-state index contributed by atoms with van der Waals surface area (Å²) in [7, 11) is 0. The first-order valence-corrected chi connectivity index (χ1v) is 3.59. The van der Waals surface area contributed by atoms with Gasteiger partial charge >= 0.3 is 0 Å². The zero-order valence-corrected chi connectivity index (χ0v) is 5.76. The van der Waals surface area contributed by atoms with Crippen LogP contribution in [-0.4, -0.2) is 25.3 Å². The molecule has 2 saturated heterocycles. The van der Waals surface area contributed by atoms with Gasteiger partial charge in [0, 0.05) is 0 Å². The number of nitrogens with one attached hydrogen (secondary N) is 1. The Balaban J connectivity index is 1.98. The SMILES string of the molecule is C1CC2(CCN1)COOO2. The highest BCUT2D eigenvalue weighted by molar-refractivity contribution is 4.85. The highest BCUT2D eigenvalue weighted by Crippen LogP contribution is 2.28. The smallest absolute Gasteiger partial charge is 0.136 e. The normalized spacial score (nSPS) is 31.2. The molecule has 4 heteroatoms. The maximum Gasteiger partial charge on any atom is 0.136 e. The third-order valence-electron chi connectivity index (χ3n) is 2.10. The van der Waals surface area contributed by atoms with Crippen molar-refractivity contribution in [3.05, 3.63) is 0 Å². The van der Waals surface area contributed by atoms with Gasteiger partial charge in [-0.3, -0.25) is 0 Å². The molecule has 0 amide bonds. The Labute approximate surface area is 59.3 Å². The van der Waals surface area contributed by atoms with E-state index in [-0.39, 0.29) is 5.60 Å². The molecular weight excluding hydrogens is 134 g/mol. The molecule has 1 N–H and O–H groups in total. The predicted octanol–water partition coefficient (Wildman–Crippen LogP) is 0.00200. The fourth-order valence-electron chi connectivity index (χ4n) is 1.36. The molecule has 0 aromatic carbocycles. The molecule has 0 saturated carbocycles. The average molecular weight is 145 g/mol. The van der Waals surface area contributed by atoms with Gasteiger partial charge in [-0.25, -0.2) is 4.89 Å². The second-order valence-corrected chi connectivity index (χ2v) is 2.85. The van der Waals surface area contributed by atoms with Crippen LogP contribution in [0.4, 0.5) is 0 Å². The highest BCUT2D eigenvalue weighted by Gasteiger charge is 2.39. The summed E-state index contributed by atoms with van der Waals surface area (Å²) in [4.78, 5) is 9.71. The zero-order chi connectivity index (χ0) is 6.86. The lowest BCUT2D eigenvalue weighted by atomic mass is 9.94. The molecule has 0 aromatic heterocycles. The summed E-state index contributed by atoms with van der Waals surface area (Å²) in [6, 6.07) is 0. The molecule has 2 fully saturated rings. The second kappa shape index (κ2) is 2.47. The molecule has 0 radical (unpaired) electrons. The van der Waals surface area contributed by atoms with E-state index in [2.05, 4.69) is 15.2 Å². The van der Waals surface area contributed by atoms with Crippen molar-refractivity contribution in [1.29, 1.82) is 0 Å². The Morgan fingerprint density at radius 2 is 2.00 bits per heavy atom. The van der Waals surface area contributed by atoms with Crippen molar-refractivity contribution in [3.8, 4) is 0 Å². The molecule has 2 aliphatic heterocycles. The predicted molar refractivity (Wildman–Crippen MR) is 33.0 cm³/mol. The third-order valence-corrected chi connectivity index (χ3v) is 2.10. The van der Waals surface area contributed by atoms with Gasteiger partial charge in [-0.05, 0) is 25.9 Å². The van der Waals surface area contributed by atoms with Gasteiger partial charge in [0.2, 0.25) is 0 Å². The van der Waals surface area contributed by atoms with Crippen LogP contribution >= 0.6 is 0 Å². The Bertz CT molecular complexity index is 114. The lowest BCUT2D eigenvalue weighted by molar-refractivity contribution is -0.471. The van der Waals surface area contributed by atoms with E-state index in [4.69, 9.17) is 4.89 Å². The quantitative estimate of drug-likeness (QED) is 0.487. The number of piperidine rings is 1. The average Bonchev–Trinajstić information content (AvgIpc) is 2.39. The van der Waals surface area contributed by atoms with Gasteiger partial charge < -0.3 is 5.32 Å². The summed E-state index contributed by atoms with van der Waals surface area (Å²) in [5.41, 5.74) is -0.134. The minimum absolute atomic E-state index is 0.134. The molecule has 58 valence electrons. The fraction of sp³-hybridized carbons (Fsp3) is 1.00. The Kier molecular flexibility index (Phi) is 1.61. The Morgan fingerprint density at radius 3 is 2.60 bits per heavy atom. The van der Waals surface area contributed by atoms with Gasteiger partial charge in [0.05, 0.1) is 0 Å². The van der Waals surface area contributed by atoms with E-state index >= 15 is 0 Å². The molecule has 0 unspecified atom stereocenters. The van der Waals surface area contributed by atoms with Crippen LogP contribution in [0.1, 0.15) is 12.8 Å². The molecule has 0 bridgehead atoms. The second-order valence-electron chi connectivity index (χ2n) is 2.85. The van der Waals surface area contributed by atoms with E-state index in [0.29, 0.717) is 6.61 Å². The maximum absolute atomic E-state index is 5.02. The van der Waals surface area contributed by atoms with Crippen molar-refractivity contribution in [2.45, 2.75) is 18.4 Å². The van der Waals surface area contributed by atoms with Gasteiger partial charge in [-0.2, -0.15) is 4.89 Å². The Morgan fingerprint density at radius 1 is 1.20 bits per heavy atom. The van der Waals surface area contributed by atoms with Crippen molar-refractivity contribution in [1.82, 2.24) is 5.32 Å². The van der Waals surface area contributed by atoms with Crippen molar-refractivity contribution in [2.24, 2.45) is 0 Å². The molecule has 0 aromatic rings. The van der Waals surface area contributed by atoms with Gasteiger partial charge in [-0.1, -0.05) is 5.04 Å². The summed E-state index contributed by atoms with van der Waals surface area (Å²) in [6.45, 7) is 2.56. The van der Waals surface area contributed by atoms with Crippen molar-refractivity contribution in [2.75, 3.05) is 19.7 Å². The van der Waals surface area contributed by atoms with Crippen LogP contribution in [0.3, 0.4) is 0 Å². The molecule has 10 heavy (non-hydrogen) atoms. The van der Waals surface area contributed by atoms with E-state index in [1.807, 2.05) is 0 Å². The molecule has 2 rings (SSSR count). The minimum atomic E-state index is -0.134. The third kappa shape index (κ3) is 1.03. The number of hydrogen-bond acceptors (Lipinski definition) is 4. The van der Waals surface area contributed by atoms with Crippen LogP contribution in [0.2, 0.25) is 0 Å². The minimum Gasteiger partial charge on any atom is -0.317 e. The molecule has 2 heterocycles. The van der Waals surface area contributed by atoms with Gasteiger partial charge in [0.15, 0.2) is 0 Å². The first-order chi connectivity index (χ1) is 4.91. The summed E-state index contributed by atoms with van der Waals surface area (Å²) in [6.07, 6.45) is 1.96. The topological polar surface area (TPSA) is 39.7 Å². The number of hydrogen-bond donors (Lipinski definition) is 1. The fourth-order valence-corrected chi connectivity index (χ4v) is 1.36. The van der Waals surface area contributed by atoms with Crippen LogP contribution in [0.5, 0.6) is 0 Å². The van der Waals surface area contributed by atoms with Crippen LogP contribution < -0.4 is 5.32 Å². The van der Waals surface area contributed by atoms with Crippen molar-refractivity contribution >= 4 is 0 Å². The lowest BCUT2D eigenvalue weighted by Crippen LogP contribution is -2.43. The summed E-state index contributed by atoms with van der Waals surface area (Å²) >= 11 is 0. The molecule has 4 nitrogen and oxygen atoms in total. The molecular formula is C6H11NO3. The summed E-state index contributed by atoms with van der Waals surface area (Å²) in [5, 5.41) is 7.65. The molecule has 0 aliphatic carbocycles. The highest BCUT2D eigenvalue weighted by atomic mass is 17.5. The van der Waals surface area contributed by atoms with Gasteiger partial charge in [0.1, 0.15) is 12.2 Å². The lowest BCUT2D eigenvalue weighted by Gasteiger charge is -2.27. The van der Waals surface area contributed by atoms with E-state index in [0.717, 1.165) is 25.9 Å². The summed E-state index contributed by atoms with van der Waals surface area (Å²) in [5.74, 6) is 0. The van der Waals surface area contributed by atoms with E-state index < -0.39 is 0 Å². The van der Waals surface area contributed by atoms with Crippen molar-refractivity contribution < 1.29 is 14.8 Å². The zero-order valence-electron chi connectivity index (χ0n) is 5.76. The van der Waals surface area contributed by atoms with Gasteiger partial charge in [-0.15, -0.1) is 0 Å². The first kappa shape index (κ1) is 6.54. The van der Waals surface area contributed by atoms with Crippen LogP contribution in [0.15, 0.2) is 0 Å². The summed E-state index contributed by atoms with van der Waals surface area (Å²) < 4.78 is 0. The maximum atomic E-state index is 5.02. The number of rotatable bonds is 0. The van der Waals surface area contributed by atoms with E-state index in [9.17, 15) is 0 Å². The van der Waals surface area contributed by atoms with Gasteiger partial charge in [0.25, 0.3) is 0 Å². The Hall–Kier alpha value is -0.160. The molecule has 0 atom stereocenters. The van der Waals surface area contributed by atoms with Crippen LogP contribution in [0.25, 0.3) is 0 Å². The van der Waals surface area contributed by atoms with Crippen molar-refractivity contribution in [3.63, 3.8) is 0 Å². The van der Waals surface area contributed by atoms with E-state index in [1.54, 1.807) is 0 Å². The monoisotopic (exact) mass is 145 g/mol. The largest absolute Gasteiger partial charge is 0.317 e. The van der Waals surface area contributed by atoms with Crippen LogP contribution in [0, 0.1) is 0 Å². The molecule has 2 aliphatic rings. The first-order valence-electron chi connectivity index (χ1n) is 3.59. The standard InChI is InChI=1S/C6H11NO3/c1-3-7-4-2-6(1)5-8-10-9-6/h7H,1-5H2. The van der Waals surface area contributed by atoms with Crippen LogP contribution in [-0.2, 0) is 14.8 Å².